The van der Waals surface area contributed by atoms with Gasteiger partial charge >= 0.3 is 5.63 Å². The molecule has 2 rings (SSSR count). The van der Waals surface area contributed by atoms with E-state index in [1.165, 1.54) is 18.3 Å². The van der Waals surface area contributed by atoms with E-state index in [1.54, 1.807) is 38.1 Å². The van der Waals surface area contributed by atoms with Crippen molar-refractivity contribution < 1.29 is 14.3 Å². The van der Waals surface area contributed by atoms with Crippen LogP contribution >= 0.6 is 0 Å². The van der Waals surface area contributed by atoms with E-state index in [0.29, 0.717) is 22.7 Å². The minimum atomic E-state index is -0.689. The van der Waals surface area contributed by atoms with Gasteiger partial charge in [-0.2, -0.15) is 0 Å². The van der Waals surface area contributed by atoms with Crippen LogP contribution in [0.15, 0.2) is 38.5 Å². The van der Waals surface area contributed by atoms with E-state index < -0.39 is 11.5 Å². The second-order valence-electron chi connectivity index (χ2n) is 5.16. The van der Waals surface area contributed by atoms with Crippen LogP contribution in [0.4, 0.5) is 11.4 Å². The summed E-state index contributed by atoms with van der Waals surface area (Å²) in [6, 6.07) is 6.21. The summed E-state index contributed by atoms with van der Waals surface area (Å²) >= 11 is 0. The van der Waals surface area contributed by atoms with Crippen molar-refractivity contribution in [2.45, 2.75) is 6.92 Å². The molecule has 0 unspecified atom stereocenters. The van der Waals surface area contributed by atoms with E-state index in [9.17, 15) is 14.7 Å². The fourth-order valence-electron chi connectivity index (χ4n) is 2.06. The van der Waals surface area contributed by atoms with E-state index in [0.717, 1.165) is 0 Å². The average Bonchev–Trinajstić information content (AvgIpc) is 2.45. The fourth-order valence-corrected chi connectivity index (χ4v) is 2.06. The number of nitrogens with zero attached hydrogens (tertiary/aromatic N) is 2. The smallest absolute Gasteiger partial charge is 0.348 e. The maximum Gasteiger partial charge on any atom is 0.348 e. The van der Waals surface area contributed by atoms with Gasteiger partial charge in [0.05, 0.1) is 11.3 Å². The van der Waals surface area contributed by atoms with Crippen LogP contribution in [0.2, 0.25) is 0 Å². The molecule has 0 bridgehead atoms. The van der Waals surface area contributed by atoms with Crippen molar-refractivity contribution >= 4 is 23.5 Å². The number of aliphatic imine (C=N–C) groups is 1. The molecule has 0 aliphatic heterocycles. The van der Waals surface area contributed by atoms with Gasteiger partial charge in [0.15, 0.2) is 0 Å². The Morgan fingerprint density at radius 3 is 2.61 bits per heavy atom. The quantitative estimate of drug-likeness (QED) is 0.832. The summed E-state index contributed by atoms with van der Waals surface area (Å²) in [5.41, 5.74) is 6.01. The van der Waals surface area contributed by atoms with Crippen LogP contribution in [0.25, 0.3) is 0 Å². The second kappa shape index (κ2) is 6.35. The number of hydrogen-bond donors (Lipinski definition) is 2. The van der Waals surface area contributed by atoms with E-state index in [2.05, 4.69) is 4.99 Å². The Morgan fingerprint density at radius 1 is 1.35 bits per heavy atom. The van der Waals surface area contributed by atoms with Gasteiger partial charge in [-0.3, -0.25) is 9.79 Å². The molecule has 1 aromatic heterocycles. The molecule has 1 aromatic carbocycles. The first-order chi connectivity index (χ1) is 10.8. The van der Waals surface area contributed by atoms with Gasteiger partial charge in [0.2, 0.25) is 0 Å². The first kappa shape index (κ1) is 16.3. The molecular formula is C16H17N3O4. The number of anilines is 1. The summed E-state index contributed by atoms with van der Waals surface area (Å²) in [7, 11) is 3.58. The Bertz CT molecular complexity index is 838. The molecule has 1 amide bonds. The van der Waals surface area contributed by atoms with Gasteiger partial charge in [-0.1, -0.05) is 0 Å². The normalized spacial score (nSPS) is 10.9. The lowest BCUT2D eigenvalue weighted by molar-refractivity contribution is 0.100. The van der Waals surface area contributed by atoms with Gasteiger partial charge in [-0.05, 0) is 25.1 Å². The average molecular weight is 315 g/mol. The van der Waals surface area contributed by atoms with Gasteiger partial charge in [0, 0.05) is 32.1 Å². The third kappa shape index (κ3) is 3.57. The Labute approximate surface area is 132 Å². The summed E-state index contributed by atoms with van der Waals surface area (Å²) in [5, 5.41) is 9.78. The minimum Gasteiger partial charge on any atom is -0.507 e. The standard InChI is InChI=1S/C16H17N3O4/c1-9-6-14(20)12(16(22)23-9)8-18-10-4-5-13(19(2)3)11(7-10)15(17)21/h4-8,20H,1-3H3,(H2,17,21). The molecule has 0 spiro atoms. The first-order valence-corrected chi connectivity index (χ1v) is 6.78. The number of nitrogens with two attached hydrogens (primary N) is 1. The Kier molecular flexibility index (Phi) is 4.49. The Morgan fingerprint density at radius 2 is 2.04 bits per heavy atom. The first-order valence-electron chi connectivity index (χ1n) is 6.78. The molecule has 7 heteroatoms. The molecule has 3 N–H and O–H groups in total. The lowest BCUT2D eigenvalue weighted by Crippen LogP contribution is -2.18. The highest BCUT2D eigenvalue weighted by Crippen LogP contribution is 2.24. The van der Waals surface area contributed by atoms with E-state index >= 15 is 0 Å². The molecule has 0 saturated heterocycles. The van der Waals surface area contributed by atoms with Gasteiger partial charge in [0.25, 0.3) is 5.91 Å². The molecule has 0 saturated carbocycles. The molecule has 0 aliphatic carbocycles. The number of primary amides is 1. The highest BCUT2D eigenvalue weighted by atomic mass is 16.4. The summed E-state index contributed by atoms with van der Waals surface area (Å²) < 4.78 is 4.90. The minimum absolute atomic E-state index is 0.0621. The third-order valence-electron chi connectivity index (χ3n) is 3.16. The molecular weight excluding hydrogens is 298 g/mol. The lowest BCUT2D eigenvalue weighted by atomic mass is 10.1. The lowest BCUT2D eigenvalue weighted by Gasteiger charge is -2.15. The highest BCUT2D eigenvalue weighted by Gasteiger charge is 2.11. The van der Waals surface area contributed by atoms with Crippen LogP contribution in [-0.4, -0.2) is 31.3 Å². The third-order valence-corrected chi connectivity index (χ3v) is 3.16. The van der Waals surface area contributed by atoms with Gasteiger partial charge in [-0.25, -0.2) is 4.79 Å². The van der Waals surface area contributed by atoms with E-state index in [4.69, 9.17) is 10.2 Å². The number of hydrogen-bond acceptors (Lipinski definition) is 6. The van der Waals surface area contributed by atoms with Crippen molar-refractivity contribution in [3.05, 3.63) is 51.6 Å². The topological polar surface area (TPSA) is 109 Å². The number of aromatic hydroxyl groups is 1. The largest absolute Gasteiger partial charge is 0.507 e. The molecule has 0 aliphatic rings. The van der Waals surface area contributed by atoms with Crippen molar-refractivity contribution in [2.75, 3.05) is 19.0 Å². The van der Waals surface area contributed by atoms with Crippen LogP contribution in [-0.2, 0) is 0 Å². The maximum absolute atomic E-state index is 11.7. The molecule has 7 nitrogen and oxygen atoms in total. The zero-order chi connectivity index (χ0) is 17.1. The molecule has 0 radical (unpaired) electrons. The molecule has 0 atom stereocenters. The van der Waals surface area contributed by atoms with E-state index in [-0.39, 0.29) is 11.3 Å². The monoisotopic (exact) mass is 315 g/mol. The number of aryl methyl sites for hydroxylation is 1. The number of amides is 1. The fraction of sp³-hybridized carbons (Fsp3) is 0.188. The predicted molar refractivity (Wildman–Crippen MR) is 87.9 cm³/mol. The van der Waals surface area contributed by atoms with Crippen molar-refractivity contribution in [1.82, 2.24) is 0 Å². The second-order valence-corrected chi connectivity index (χ2v) is 5.16. The molecule has 120 valence electrons. The SMILES string of the molecule is Cc1cc(O)c(C=Nc2ccc(N(C)C)c(C(N)=O)c2)c(=O)o1. The number of carbonyl (C=O) groups excluding carboxylic acids is 1. The van der Waals surface area contributed by atoms with Crippen LogP contribution in [0.1, 0.15) is 21.7 Å². The van der Waals surface area contributed by atoms with Gasteiger partial charge in [-0.15, -0.1) is 0 Å². The van der Waals surface area contributed by atoms with Crippen LogP contribution in [0.5, 0.6) is 5.75 Å². The summed E-state index contributed by atoms with van der Waals surface area (Å²) in [4.78, 5) is 29.1. The Hall–Kier alpha value is -3.09. The number of benzene rings is 1. The summed E-state index contributed by atoms with van der Waals surface area (Å²) in [5.74, 6) is -0.498. The summed E-state index contributed by atoms with van der Waals surface area (Å²) in [6.07, 6.45) is 1.19. The molecule has 0 fully saturated rings. The van der Waals surface area contributed by atoms with E-state index in [1.807, 2.05) is 0 Å². The maximum atomic E-state index is 11.7. The zero-order valence-electron chi connectivity index (χ0n) is 13.0. The van der Waals surface area contributed by atoms with Crippen LogP contribution in [0, 0.1) is 6.92 Å². The van der Waals surface area contributed by atoms with Crippen LogP contribution < -0.4 is 16.3 Å². The van der Waals surface area contributed by atoms with Crippen molar-refractivity contribution in [1.29, 1.82) is 0 Å². The van der Waals surface area contributed by atoms with Crippen molar-refractivity contribution in [3.8, 4) is 5.75 Å². The van der Waals surface area contributed by atoms with Gasteiger partial charge < -0.3 is 20.2 Å². The van der Waals surface area contributed by atoms with Crippen molar-refractivity contribution in [3.63, 3.8) is 0 Å². The molecule has 23 heavy (non-hydrogen) atoms. The highest BCUT2D eigenvalue weighted by molar-refractivity contribution is 5.99. The summed E-state index contributed by atoms with van der Waals surface area (Å²) in [6.45, 7) is 1.56. The predicted octanol–water partition coefficient (Wildman–Crippen LogP) is 1.57. The van der Waals surface area contributed by atoms with Gasteiger partial charge in [0.1, 0.15) is 17.1 Å². The zero-order valence-corrected chi connectivity index (χ0v) is 13.0. The van der Waals surface area contributed by atoms with Crippen molar-refractivity contribution in [2.24, 2.45) is 10.7 Å². The number of rotatable bonds is 4. The van der Waals surface area contributed by atoms with Crippen LogP contribution in [0.3, 0.4) is 0 Å². The molecule has 2 aromatic rings. The Balaban J connectivity index is 2.43. The number of carbonyl (C=O) groups is 1. The molecule has 1 heterocycles.